The number of rotatable bonds is 3. The third kappa shape index (κ3) is 2.50. The van der Waals surface area contributed by atoms with Gasteiger partial charge >= 0.3 is 0 Å². The second-order valence-corrected chi connectivity index (χ2v) is 3.85. The van der Waals surface area contributed by atoms with E-state index in [1.54, 1.807) is 18.2 Å². The predicted octanol–water partition coefficient (Wildman–Crippen LogP) is 2.94. The van der Waals surface area contributed by atoms with Gasteiger partial charge in [-0.2, -0.15) is 10.5 Å². The number of hydrogen-bond donors (Lipinski definition) is 1. The Labute approximate surface area is 105 Å². The maximum absolute atomic E-state index is 8.92. The van der Waals surface area contributed by atoms with Gasteiger partial charge in [0.2, 0.25) is 0 Å². The maximum Gasteiger partial charge on any atom is 0.123 e. The first-order valence-corrected chi connectivity index (χ1v) is 5.46. The van der Waals surface area contributed by atoms with Crippen LogP contribution in [0.1, 0.15) is 22.6 Å². The van der Waals surface area contributed by atoms with E-state index < -0.39 is 0 Å². The Morgan fingerprint density at radius 2 is 1.89 bits per heavy atom. The highest BCUT2D eigenvalue weighted by molar-refractivity contribution is 5.56. The molecule has 0 saturated carbocycles. The average Bonchev–Trinajstić information content (AvgIpc) is 2.81. The number of nitrogens with zero attached hydrogens (tertiary/aromatic N) is 2. The van der Waals surface area contributed by atoms with Crippen LogP contribution in [0, 0.1) is 29.6 Å². The van der Waals surface area contributed by atoms with Crippen molar-refractivity contribution >= 4 is 5.69 Å². The molecule has 88 valence electrons. The van der Waals surface area contributed by atoms with Crippen LogP contribution in [0.3, 0.4) is 0 Å². The van der Waals surface area contributed by atoms with Crippen LogP contribution in [-0.4, -0.2) is 0 Å². The number of furan rings is 1. The molecule has 1 aromatic carbocycles. The van der Waals surface area contributed by atoms with Gasteiger partial charge in [0.25, 0.3) is 0 Å². The highest BCUT2D eigenvalue weighted by Gasteiger charge is 2.03. The van der Waals surface area contributed by atoms with E-state index in [0.717, 1.165) is 17.2 Å². The van der Waals surface area contributed by atoms with Gasteiger partial charge < -0.3 is 9.73 Å². The minimum Gasteiger partial charge on any atom is -0.465 e. The van der Waals surface area contributed by atoms with Gasteiger partial charge in [0.15, 0.2) is 0 Å². The smallest absolute Gasteiger partial charge is 0.123 e. The lowest BCUT2D eigenvalue weighted by Crippen LogP contribution is -1.99. The van der Waals surface area contributed by atoms with E-state index in [1.165, 1.54) is 0 Å². The van der Waals surface area contributed by atoms with Crippen molar-refractivity contribution in [3.63, 3.8) is 0 Å². The van der Waals surface area contributed by atoms with Crippen molar-refractivity contribution < 1.29 is 4.42 Å². The van der Waals surface area contributed by atoms with E-state index in [9.17, 15) is 0 Å². The number of anilines is 1. The lowest BCUT2D eigenvalue weighted by molar-refractivity contribution is 0.490. The fourth-order valence-electron chi connectivity index (χ4n) is 1.61. The molecule has 18 heavy (non-hydrogen) atoms. The van der Waals surface area contributed by atoms with Crippen molar-refractivity contribution in [1.82, 2.24) is 0 Å². The summed E-state index contributed by atoms with van der Waals surface area (Å²) >= 11 is 0. The standard InChI is InChI=1S/C14H11N3O/c1-10-2-5-14(18-10)9-17-13-4-3-11(7-15)12(6-13)8-16/h2-6,17H,9H2,1H3. The second kappa shape index (κ2) is 5.07. The summed E-state index contributed by atoms with van der Waals surface area (Å²) in [6.45, 7) is 2.43. The zero-order valence-electron chi connectivity index (χ0n) is 9.90. The molecule has 1 heterocycles. The van der Waals surface area contributed by atoms with E-state index in [0.29, 0.717) is 17.7 Å². The fraction of sp³-hybridized carbons (Fsp3) is 0.143. The fourth-order valence-corrected chi connectivity index (χ4v) is 1.61. The number of aryl methyl sites for hydroxylation is 1. The molecule has 0 spiro atoms. The summed E-state index contributed by atoms with van der Waals surface area (Å²) in [6, 6.07) is 12.9. The molecule has 0 fully saturated rings. The molecule has 2 rings (SSSR count). The van der Waals surface area contributed by atoms with E-state index in [4.69, 9.17) is 14.9 Å². The highest BCUT2D eigenvalue weighted by Crippen LogP contribution is 2.16. The Morgan fingerprint density at radius 1 is 1.11 bits per heavy atom. The molecule has 0 aliphatic carbocycles. The van der Waals surface area contributed by atoms with Crippen LogP contribution < -0.4 is 5.32 Å². The van der Waals surface area contributed by atoms with Crippen molar-refractivity contribution in [3.8, 4) is 12.1 Å². The van der Waals surface area contributed by atoms with E-state index in [1.807, 2.05) is 31.2 Å². The van der Waals surface area contributed by atoms with Gasteiger partial charge in [0.1, 0.15) is 23.7 Å². The van der Waals surface area contributed by atoms with Crippen LogP contribution in [0.4, 0.5) is 5.69 Å². The van der Waals surface area contributed by atoms with Gasteiger partial charge in [-0.15, -0.1) is 0 Å². The first kappa shape index (κ1) is 11.8. The first-order chi connectivity index (χ1) is 8.72. The van der Waals surface area contributed by atoms with Crippen LogP contribution in [0.15, 0.2) is 34.7 Å². The van der Waals surface area contributed by atoms with Crippen molar-refractivity contribution in [3.05, 3.63) is 53.0 Å². The molecule has 0 radical (unpaired) electrons. The normalized spacial score (nSPS) is 9.50. The Hall–Kier alpha value is -2.72. The zero-order valence-corrected chi connectivity index (χ0v) is 9.90. The molecule has 0 aliphatic heterocycles. The maximum atomic E-state index is 8.92. The molecule has 0 unspecified atom stereocenters. The molecule has 2 aromatic rings. The molecule has 0 atom stereocenters. The number of nitriles is 2. The van der Waals surface area contributed by atoms with Crippen molar-refractivity contribution in [2.75, 3.05) is 5.32 Å². The SMILES string of the molecule is Cc1ccc(CNc2ccc(C#N)c(C#N)c2)o1. The molecule has 1 aromatic heterocycles. The Morgan fingerprint density at radius 3 is 2.50 bits per heavy atom. The molecule has 1 N–H and O–H groups in total. The Balaban J connectivity index is 2.11. The summed E-state index contributed by atoms with van der Waals surface area (Å²) in [5, 5.41) is 20.9. The average molecular weight is 237 g/mol. The zero-order chi connectivity index (χ0) is 13.0. The van der Waals surface area contributed by atoms with E-state index in [-0.39, 0.29) is 0 Å². The number of hydrogen-bond acceptors (Lipinski definition) is 4. The Kier molecular flexibility index (Phi) is 3.31. The van der Waals surface area contributed by atoms with Gasteiger partial charge in [0.05, 0.1) is 17.7 Å². The lowest BCUT2D eigenvalue weighted by Gasteiger charge is -2.05. The topological polar surface area (TPSA) is 72.8 Å². The third-order valence-electron chi connectivity index (χ3n) is 2.52. The summed E-state index contributed by atoms with van der Waals surface area (Å²) in [7, 11) is 0. The number of benzene rings is 1. The molecule has 0 aliphatic rings. The van der Waals surface area contributed by atoms with Gasteiger partial charge in [-0.3, -0.25) is 0 Å². The summed E-state index contributed by atoms with van der Waals surface area (Å²) in [4.78, 5) is 0. The molecule has 4 heteroatoms. The largest absolute Gasteiger partial charge is 0.465 e. The summed E-state index contributed by atoms with van der Waals surface area (Å²) < 4.78 is 5.43. The minimum absolute atomic E-state index is 0.373. The third-order valence-corrected chi connectivity index (χ3v) is 2.52. The summed E-state index contributed by atoms with van der Waals surface area (Å²) in [5.41, 5.74) is 1.55. The first-order valence-electron chi connectivity index (χ1n) is 5.46. The molecular weight excluding hydrogens is 226 g/mol. The summed E-state index contributed by atoms with van der Waals surface area (Å²) in [5.74, 6) is 1.69. The quantitative estimate of drug-likeness (QED) is 0.890. The van der Waals surface area contributed by atoms with Crippen LogP contribution in [-0.2, 0) is 6.54 Å². The van der Waals surface area contributed by atoms with Crippen LogP contribution in [0.5, 0.6) is 0 Å². The van der Waals surface area contributed by atoms with Crippen LogP contribution >= 0.6 is 0 Å². The van der Waals surface area contributed by atoms with Crippen LogP contribution in [0.25, 0.3) is 0 Å². The molecule has 0 amide bonds. The molecule has 0 bridgehead atoms. The molecule has 0 saturated heterocycles. The van der Waals surface area contributed by atoms with Crippen molar-refractivity contribution in [2.24, 2.45) is 0 Å². The van der Waals surface area contributed by atoms with E-state index >= 15 is 0 Å². The Bertz CT molecular complexity index is 644. The van der Waals surface area contributed by atoms with Gasteiger partial charge in [-0.25, -0.2) is 0 Å². The highest BCUT2D eigenvalue weighted by atomic mass is 16.3. The second-order valence-electron chi connectivity index (χ2n) is 3.85. The van der Waals surface area contributed by atoms with Crippen molar-refractivity contribution in [1.29, 1.82) is 10.5 Å². The molecule has 4 nitrogen and oxygen atoms in total. The summed E-state index contributed by atoms with van der Waals surface area (Å²) in [6.07, 6.45) is 0. The number of nitrogens with one attached hydrogen (secondary N) is 1. The molecular formula is C14H11N3O. The van der Waals surface area contributed by atoms with Gasteiger partial charge in [0, 0.05) is 5.69 Å². The minimum atomic E-state index is 0.373. The lowest BCUT2D eigenvalue weighted by atomic mass is 10.1. The van der Waals surface area contributed by atoms with Crippen LogP contribution in [0.2, 0.25) is 0 Å². The van der Waals surface area contributed by atoms with E-state index in [2.05, 4.69) is 5.32 Å². The van der Waals surface area contributed by atoms with Crippen molar-refractivity contribution in [2.45, 2.75) is 13.5 Å². The van der Waals surface area contributed by atoms with Gasteiger partial charge in [-0.05, 0) is 37.3 Å². The monoisotopic (exact) mass is 237 g/mol. The van der Waals surface area contributed by atoms with Gasteiger partial charge in [-0.1, -0.05) is 0 Å². The predicted molar refractivity (Wildman–Crippen MR) is 66.6 cm³/mol.